The van der Waals surface area contributed by atoms with E-state index in [0.717, 1.165) is 17.1 Å². The van der Waals surface area contributed by atoms with Gasteiger partial charge in [0.1, 0.15) is 23.9 Å². The van der Waals surface area contributed by atoms with Gasteiger partial charge < -0.3 is 15.2 Å². The first kappa shape index (κ1) is 17.1. The molecule has 3 aromatic carbocycles. The van der Waals surface area contributed by atoms with Crippen molar-refractivity contribution < 1.29 is 14.3 Å². The van der Waals surface area contributed by atoms with Gasteiger partial charge in [-0.2, -0.15) is 0 Å². The highest BCUT2D eigenvalue weighted by atomic mass is 16.5. The number of rotatable bonds is 5. The van der Waals surface area contributed by atoms with Crippen LogP contribution >= 0.6 is 0 Å². The van der Waals surface area contributed by atoms with Gasteiger partial charge in [0.2, 0.25) is 0 Å². The summed E-state index contributed by atoms with van der Waals surface area (Å²) in [7, 11) is 0. The van der Waals surface area contributed by atoms with Crippen molar-refractivity contribution in [2.75, 3.05) is 0 Å². The highest BCUT2D eigenvalue weighted by Crippen LogP contribution is 2.22. The topological polar surface area (TPSA) is 61.6 Å². The molecule has 4 nitrogen and oxygen atoms in total. The number of para-hydroxylation sites is 1. The van der Waals surface area contributed by atoms with Gasteiger partial charge in [-0.1, -0.05) is 36.3 Å². The number of carbonyl (C=O) groups is 1. The monoisotopic (exact) mass is 343 g/mol. The molecule has 2 N–H and O–H groups in total. The van der Waals surface area contributed by atoms with Crippen LogP contribution in [0.25, 0.3) is 0 Å². The molecule has 0 aliphatic rings. The SMILES string of the molecule is NC(=O)C#Cc1ccc(OCc2cccc(Oc3ccccc3)c2)cc1. The molecular formula is C22H17NO3. The van der Waals surface area contributed by atoms with Crippen LogP contribution in [0.4, 0.5) is 0 Å². The van der Waals surface area contributed by atoms with Crippen LogP contribution in [0, 0.1) is 11.8 Å². The fourth-order valence-corrected chi connectivity index (χ4v) is 2.26. The van der Waals surface area contributed by atoms with Gasteiger partial charge >= 0.3 is 0 Å². The molecule has 0 saturated heterocycles. The van der Waals surface area contributed by atoms with Crippen molar-refractivity contribution in [2.45, 2.75) is 6.61 Å². The smallest absolute Gasteiger partial charge is 0.293 e. The van der Waals surface area contributed by atoms with Crippen LogP contribution in [-0.2, 0) is 11.4 Å². The minimum absolute atomic E-state index is 0.415. The lowest BCUT2D eigenvalue weighted by Crippen LogP contribution is -2.06. The van der Waals surface area contributed by atoms with E-state index < -0.39 is 5.91 Å². The van der Waals surface area contributed by atoms with Crippen molar-refractivity contribution in [3.8, 4) is 29.1 Å². The fraction of sp³-hybridized carbons (Fsp3) is 0.0455. The van der Waals surface area contributed by atoms with Crippen LogP contribution < -0.4 is 15.2 Å². The summed E-state index contributed by atoms with van der Waals surface area (Å²) in [6.07, 6.45) is 0. The molecule has 0 atom stereocenters. The number of ether oxygens (including phenoxy) is 2. The Bertz CT molecular complexity index is 938. The Morgan fingerprint density at radius 3 is 2.31 bits per heavy atom. The lowest BCUT2D eigenvalue weighted by Gasteiger charge is -2.09. The van der Waals surface area contributed by atoms with E-state index in [1.54, 1.807) is 24.3 Å². The summed E-state index contributed by atoms with van der Waals surface area (Å²) < 4.78 is 11.6. The van der Waals surface area contributed by atoms with Crippen molar-refractivity contribution in [1.82, 2.24) is 0 Å². The summed E-state index contributed by atoms with van der Waals surface area (Å²) in [5.41, 5.74) is 6.70. The van der Waals surface area contributed by atoms with E-state index in [1.165, 1.54) is 0 Å². The standard InChI is InChI=1S/C22H17NO3/c23-22(24)14-11-17-9-12-19(13-10-17)25-16-18-5-4-8-21(15-18)26-20-6-2-1-3-7-20/h1-10,12-13,15H,16H2,(H2,23,24). The zero-order valence-corrected chi connectivity index (χ0v) is 14.0. The Kier molecular flexibility index (Phi) is 5.54. The number of primary amides is 1. The molecule has 3 rings (SSSR count). The zero-order chi connectivity index (χ0) is 18.2. The van der Waals surface area contributed by atoms with Crippen molar-refractivity contribution in [2.24, 2.45) is 5.73 Å². The Morgan fingerprint density at radius 2 is 1.58 bits per heavy atom. The molecule has 0 fully saturated rings. The Morgan fingerprint density at radius 1 is 0.846 bits per heavy atom. The number of nitrogens with two attached hydrogens (primary N) is 1. The van der Waals surface area contributed by atoms with E-state index in [0.29, 0.717) is 17.9 Å². The molecule has 0 bridgehead atoms. The van der Waals surface area contributed by atoms with Crippen LogP contribution in [0.1, 0.15) is 11.1 Å². The summed E-state index contributed by atoms with van der Waals surface area (Å²) >= 11 is 0. The summed E-state index contributed by atoms with van der Waals surface area (Å²) in [6.45, 7) is 0.415. The summed E-state index contributed by atoms with van der Waals surface area (Å²) in [5, 5.41) is 0. The fourth-order valence-electron chi connectivity index (χ4n) is 2.26. The number of amides is 1. The van der Waals surface area contributed by atoms with Gasteiger partial charge in [0.15, 0.2) is 0 Å². The maximum atomic E-state index is 10.7. The Hall–Kier alpha value is -3.71. The van der Waals surface area contributed by atoms with Crippen molar-refractivity contribution >= 4 is 5.91 Å². The zero-order valence-electron chi connectivity index (χ0n) is 14.0. The molecule has 128 valence electrons. The van der Waals surface area contributed by atoms with E-state index in [9.17, 15) is 4.79 Å². The number of carbonyl (C=O) groups excluding carboxylic acids is 1. The molecule has 4 heteroatoms. The van der Waals surface area contributed by atoms with Gasteiger partial charge in [-0.25, -0.2) is 0 Å². The number of hydrogen-bond donors (Lipinski definition) is 1. The van der Waals surface area contributed by atoms with Crippen molar-refractivity contribution in [3.63, 3.8) is 0 Å². The Balaban J connectivity index is 1.60. The van der Waals surface area contributed by atoms with E-state index >= 15 is 0 Å². The summed E-state index contributed by atoms with van der Waals surface area (Å²) in [4.78, 5) is 10.7. The van der Waals surface area contributed by atoms with Gasteiger partial charge in [-0.3, -0.25) is 4.79 Å². The van der Waals surface area contributed by atoms with E-state index in [2.05, 4.69) is 11.8 Å². The van der Waals surface area contributed by atoms with Crippen LogP contribution in [0.5, 0.6) is 17.2 Å². The molecule has 0 aromatic heterocycles. The first-order valence-corrected chi connectivity index (χ1v) is 8.05. The van der Waals surface area contributed by atoms with Crippen LogP contribution in [0.2, 0.25) is 0 Å². The first-order valence-electron chi connectivity index (χ1n) is 8.05. The van der Waals surface area contributed by atoms with Gasteiger partial charge in [0, 0.05) is 5.56 Å². The second kappa shape index (κ2) is 8.41. The Labute approximate surface area is 152 Å². The third-order valence-corrected chi connectivity index (χ3v) is 3.47. The molecule has 26 heavy (non-hydrogen) atoms. The van der Waals surface area contributed by atoms with Gasteiger partial charge in [-0.05, 0) is 60.0 Å². The molecule has 0 saturated carbocycles. The van der Waals surface area contributed by atoms with E-state index in [4.69, 9.17) is 15.2 Å². The van der Waals surface area contributed by atoms with Crippen LogP contribution in [0.15, 0.2) is 78.9 Å². The first-order chi connectivity index (χ1) is 12.7. The molecule has 0 unspecified atom stereocenters. The molecule has 0 radical (unpaired) electrons. The van der Waals surface area contributed by atoms with E-state index in [1.807, 2.05) is 54.6 Å². The summed E-state index contributed by atoms with van der Waals surface area (Å²) in [6, 6.07) is 24.5. The minimum atomic E-state index is -0.650. The second-order valence-corrected chi connectivity index (χ2v) is 5.49. The highest BCUT2D eigenvalue weighted by Gasteiger charge is 2.01. The van der Waals surface area contributed by atoms with Gasteiger partial charge in [-0.15, -0.1) is 0 Å². The molecular weight excluding hydrogens is 326 g/mol. The van der Waals surface area contributed by atoms with Gasteiger partial charge in [0.25, 0.3) is 5.91 Å². The number of hydrogen-bond acceptors (Lipinski definition) is 3. The minimum Gasteiger partial charge on any atom is -0.489 e. The molecule has 3 aromatic rings. The largest absolute Gasteiger partial charge is 0.489 e. The molecule has 1 amide bonds. The van der Waals surface area contributed by atoms with Crippen molar-refractivity contribution in [3.05, 3.63) is 90.0 Å². The van der Waals surface area contributed by atoms with Gasteiger partial charge in [0.05, 0.1) is 0 Å². The summed E-state index contributed by atoms with van der Waals surface area (Å²) in [5.74, 6) is 6.59. The van der Waals surface area contributed by atoms with Crippen molar-refractivity contribution in [1.29, 1.82) is 0 Å². The maximum absolute atomic E-state index is 10.7. The lowest BCUT2D eigenvalue weighted by atomic mass is 10.2. The normalized spacial score (nSPS) is 9.69. The number of benzene rings is 3. The van der Waals surface area contributed by atoms with E-state index in [-0.39, 0.29) is 0 Å². The van der Waals surface area contributed by atoms with Crippen LogP contribution in [-0.4, -0.2) is 5.91 Å². The third-order valence-electron chi connectivity index (χ3n) is 3.47. The predicted molar refractivity (Wildman–Crippen MR) is 99.8 cm³/mol. The lowest BCUT2D eigenvalue weighted by molar-refractivity contribution is -0.112. The molecule has 0 heterocycles. The highest BCUT2D eigenvalue weighted by molar-refractivity contribution is 5.92. The average Bonchev–Trinajstić information content (AvgIpc) is 2.67. The predicted octanol–water partition coefficient (Wildman–Crippen LogP) is 3.89. The average molecular weight is 343 g/mol. The molecule has 0 spiro atoms. The molecule has 0 aliphatic heterocycles. The maximum Gasteiger partial charge on any atom is 0.293 e. The third kappa shape index (κ3) is 5.15. The van der Waals surface area contributed by atoms with Crippen LogP contribution in [0.3, 0.4) is 0 Å². The quantitative estimate of drug-likeness (QED) is 0.715. The second-order valence-electron chi connectivity index (χ2n) is 5.49. The molecule has 0 aliphatic carbocycles.